The predicted octanol–water partition coefficient (Wildman–Crippen LogP) is 3.88. The van der Waals surface area contributed by atoms with Gasteiger partial charge in [0.05, 0.1) is 6.61 Å². The minimum Gasteiger partial charge on any atom is -0.444 e. The van der Waals surface area contributed by atoms with Crippen molar-refractivity contribution >= 4 is 6.09 Å². The smallest absolute Gasteiger partial charge is 0.407 e. The van der Waals surface area contributed by atoms with Crippen LogP contribution in [0.2, 0.25) is 0 Å². The van der Waals surface area contributed by atoms with E-state index in [4.69, 9.17) is 9.47 Å². The molecule has 5 nitrogen and oxygen atoms in total. The Morgan fingerprint density at radius 3 is 2.48 bits per heavy atom. The Morgan fingerprint density at radius 1 is 1.35 bits per heavy atom. The molecule has 0 saturated heterocycles. The van der Waals surface area contributed by atoms with Crippen LogP contribution in [0.25, 0.3) is 0 Å². The van der Waals surface area contributed by atoms with Crippen molar-refractivity contribution in [3.63, 3.8) is 0 Å². The Hall–Kier alpha value is -1.88. The van der Waals surface area contributed by atoms with Gasteiger partial charge in [-0.15, -0.1) is 13.2 Å². The van der Waals surface area contributed by atoms with Gasteiger partial charge in [0.25, 0.3) is 0 Å². The number of carbonyl (C=O) groups is 1. The average molecular weight is 322 g/mol. The SMILES string of the molecule is C=C.COCc1ccc(CCC(C)NC(=O)OC(C)(C)C)nc1. The van der Waals surface area contributed by atoms with E-state index in [0.717, 1.165) is 24.1 Å². The van der Waals surface area contributed by atoms with Crippen molar-refractivity contribution in [2.75, 3.05) is 7.11 Å². The molecule has 1 unspecified atom stereocenters. The van der Waals surface area contributed by atoms with E-state index in [1.807, 2.05) is 46.0 Å². The highest BCUT2D eigenvalue weighted by atomic mass is 16.6. The number of aromatic nitrogens is 1. The molecule has 0 aliphatic heterocycles. The summed E-state index contributed by atoms with van der Waals surface area (Å²) in [6.07, 6.45) is 3.07. The number of nitrogens with one attached hydrogen (secondary N) is 1. The minimum absolute atomic E-state index is 0.0419. The van der Waals surface area contributed by atoms with Crippen LogP contribution in [0.15, 0.2) is 31.5 Å². The number of nitrogens with zero attached hydrogens (tertiary/aromatic N) is 1. The van der Waals surface area contributed by atoms with Gasteiger partial charge in [0.1, 0.15) is 5.60 Å². The quantitative estimate of drug-likeness (QED) is 0.808. The second kappa shape index (κ2) is 10.8. The lowest BCUT2D eigenvalue weighted by Crippen LogP contribution is -2.37. The molecule has 0 bridgehead atoms. The van der Waals surface area contributed by atoms with Gasteiger partial charge in [-0.1, -0.05) is 6.07 Å². The number of carbonyl (C=O) groups excluding carboxylic acids is 1. The monoisotopic (exact) mass is 322 g/mol. The summed E-state index contributed by atoms with van der Waals surface area (Å²) in [5.74, 6) is 0. The number of amides is 1. The van der Waals surface area contributed by atoms with Crippen molar-refractivity contribution in [3.8, 4) is 0 Å². The summed E-state index contributed by atoms with van der Waals surface area (Å²) in [6, 6.07) is 4.05. The molecule has 1 atom stereocenters. The van der Waals surface area contributed by atoms with E-state index in [-0.39, 0.29) is 12.1 Å². The molecule has 1 N–H and O–H groups in total. The molecule has 0 radical (unpaired) electrons. The van der Waals surface area contributed by atoms with Gasteiger partial charge in [0.2, 0.25) is 0 Å². The fourth-order valence-corrected chi connectivity index (χ4v) is 1.80. The van der Waals surface area contributed by atoms with Crippen LogP contribution in [0.5, 0.6) is 0 Å². The molecule has 1 rings (SSSR count). The average Bonchev–Trinajstić information content (AvgIpc) is 2.47. The summed E-state index contributed by atoms with van der Waals surface area (Å²) < 4.78 is 10.3. The molecule has 1 amide bonds. The largest absolute Gasteiger partial charge is 0.444 e. The molecule has 0 saturated carbocycles. The van der Waals surface area contributed by atoms with E-state index < -0.39 is 5.60 Å². The van der Waals surface area contributed by atoms with Crippen LogP contribution in [0, 0.1) is 0 Å². The Bertz CT molecular complexity index is 452. The molecule has 1 heterocycles. The molecule has 23 heavy (non-hydrogen) atoms. The van der Waals surface area contributed by atoms with Crippen molar-refractivity contribution in [3.05, 3.63) is 42.7 Å². The normalized spacial score (nSPS) is 11.9. The van der Waals surface area contributed by atoms with Gasteiger partial charge in [0, 0.05) is 25.0 Å². The Balaban J connectivity index is 0.00000232. The first-order valence-corrected chi connectivity index (χ1v) is 7.72. The van der Waals surface area contributed by atoms with Gasteiger partial charge in [-0.05, 0) is 52.2 Å². The highest BCUT2D eigenvalue weighted by Gasteiger charge is 2.17. The number of rotatable bonds is 6. The second-order valence-electron chi connectivity index (χ2n) is 6.18. The Morgan fingerprint density at radius 2 is 2.00 bits per heavy atom. The second-order valence-corrected chi connectivity index (χ2v) is 6.18. The number of hydrogen-bond donors (Lipinski definition) is 1. The fraction of sp³-hybridized carbons (Fsp3) is 0.556. The van der Waals surface area contributed by atoms with Gasteiger partial charge >= 0.3 is 6.09 Å². The van der Waals surface area contributed by atoms with Crippen LogP contribution in [0.1, 0.15) is 45.4 Å². The summed E-state index contributed by atoms with van der Waals surface area (Å²) in [6.45, 7) is 14.1. The van der Waals surface area contributed by atoms with E-state index in [9.17, 15) is 4.79 Å². The van der Waals surface area contributed by atoms with Crippen LogP contribution in [-0.2, 0) is 22.5 Å². The van der Waals surface area contributed by atoms with Gasteiger partial charge in [-0.3, -0.25) is 4.98 Å². The number of alkyl carbamates (subject to hydrolysis) is 1. The van der Waals surface area contributed by atoms with Crippen molar-refractivity contribution in [2.45, 2.75) is 58.8 Å². The Kier molecular flexibility index (Phi) is 9.90. The molecule has 130 valence electrons. The molecule has 0 fully saturated rings. The van der Waals surface area contributed by atoms with E-state index >= 15 is 0 Å². The lowest BCUT2D eigenvalue weighted by atomic mass is 10.1. The summed E-state index contributed by atoms with van der Waals surface area (Å²) >= 11 is 0. The van der Waals surface area contributed by atoms with Crippen molar-refractivity contribution in [1.29, 1.82) is 0 Å². The van der Waals surface area contributed by atoms with Crippen molar-refractivity contribution in [2.24, 2.45) is 0 Å². The third-order valence-electron chi connectivity index (χ3n) is 2.79. The highest BCUT2D eigenvalue weighted by molar-refractivity contribution is 5.68. The number of aryl methyl sites for hydroxylation is 1. The third kappa shape index (κ3) is 10.5. The zero-order valence-electron chi connectivity index (χ0n) is 15.0. The van der Waals surface area contributed by atoms with Crippen LogP contribution in [0.4, 0.5) is 4.79 Å². The number of ether oxygens (including phenoxy) is 2. The summed E-state index contributed by atoms with van der Waals surface area (Å²) in [5.41, 5.74) is 1.59. The van der Waals surface area contributed by atoms with Gasteiger partial charge in [-0.2, -0.15) is 0 Å². The van der Waals surface area contributed by atoms with E-state index in [2.05, 4.69) is 23.5 Å². The molecule has 0 aromatic carbocycles. The maximum atomic E-state index is 11.6. The fourth-order valence-electron chi connectivity index (χ4n) is 1.80. The van der Waals surface area contributed by atoms with Gasteiger partial charge < -0.3 is 14.8 Å². The summed E-state index contributed by atoms with van der Waals surface area (Å²) in [4.78, 5) is 16.0. The molecular formula is C18H30N2O3. The lowest BCUT2D eigenvalue weighted by Gasteiger charge is -2.21. The molecule has 1 aromatic heterocycles. The third-order valence-corrected chi connectivity index (χ3v) is 2.79. The van der Waals surface area contributed by atoms with Crippen LogP contribution >= 0.6 is 0 Å². The lowest BCUT2D eigenvalue weighted by molar-refractivity contribution is 0.0506. The first kappa shape index (κ1) is 21.1. The molecule has 1 aromatic rings. The van der Waals surface area contributed by atoms with E-state index in [0.29, 0.717) is 6.61 Å². The number of pyridine rings is 1. The van der Waals surface area contributed by atoms with Crippen LogP contribution in [0.3, 0.4) is 0 Å². The minimum atomic E-state index is -0.470. The molecule has 0 spiro atoms. The highest BCUT2D eigenvalue weighted by Crippen LogP contribution is 2.08. The molecule has 0 aliphatic rings. The summed E-state index contributed by atoms with van der Waals surface area (Å²) in [7, 11) is 1.66. The first-order valence-electron chi connectivity index (χ1n) is 7.72. The molecular weight excluding hydrogens is 292 g/mol. The van der Waals surface area contributed by atoms with E-state index in [1.54, 1.807) is 7.11 Å². The van der Waals surface area contributed by atoms with Crippen LogP contribution in [-0.4, -0.2) is 29.8 Å². The first-order chi connectivity index (χ1) is 10.8. The van der Waals surface area contributed by atoms with Gasteiger partial charge in [0.15, 0.2) is 0 Å². The van der Waals surface area contributed by atoms with Crippen molar-refractivity contribution < 1.29 is 14.3 Å². The number of hydrogen-bond acceptors (Lipinski definition) is 4. The predicted molar refractivity (Wildman–Crippen MR) is 93.4 cm³/mol. The maximum Gasteiger partial charge on any atom is 0.407 e. The maximum absolute atomic E-state index is 11.6. The summed E-state index contributed by atoms with van der Waals surface area (Å²) in [5, 5.41) is 2.83. The standard InChI is InChI=1S/C16H26N2O3.C2H4/c1-12(18-15(19)21-16(2,3)4)6-8-14-9-7-13(10-17-14)11-20-5;1-2/h7,9-10,12H,6,8,11H2,1-5H3,(H,18,19);1-2H2. The topological polar surface area (TPSA) is 60.5 Å². The zero-order chi connectivity index (χ0) is 17.9. The van der Waals surface area contributed by atoms with Crippen LogP contribution < -0.4 is 5.32 Å². The molecule has 5 heteroatoms. The Labute approximate surface area is 140 Å². The number of methoxy groups -OCH3 is 1. The van der Waals surface area contributed by atoms with Crippen molar-refractivity contribution in [1.82, 2.24) is 10.3 Å². The van der Waals surface area contributed by atoms with E-state index in [1.165, 1.54) is 0 Å². The van der Waals surface area contributed by atoms with Gasteiger partial charge in [-0.25, -0.2) is 4.79 Å². The zero-order valence-corrected chi connectivity index (χ0v) is 15.0. The molecule has 0 aliphatic carbocycles.